The van der Waals surface area contributed by atoms with Crippen LogP contribution in [-0.2, 0) is 21.1 Å². The Morgan fingerprint density at radius 1 is 1.10 bits per heavy atom. The van der Waals surface area contributed by atoms with E-state index in [2.05, 4.69) is 10.2 Å². The molecule has 0 spiro atoms. The van der Waals surface area contributed by atoms with Crippen LogP contribution in [0.3, 0.4) is 0 Å². The molecule has 0 bridgehead atoms. The molecule has 0 radical (unpaired) electrons. The molecule has 0 saturated carbocycles. The van der Waals surface area contributed by atoms with Gasteiger partial charge in [-0.05, 0) is 30.2 Å². The SMILES string of the molecule is COc1cc(OC)cc(-c2nnc(S(=O)(=O)CC(=O)N3CCc4ccccc43)o2)c1. The molecule has 1 aromatic heterocycles. The standard InChI is InChI=1S/C20H19N3O6S/c1-27-15-9-14(10-16(11-15)28-2)19-21-22-20(29-19)30(25,26)12-18(24)23-8-7-13-5-3-4-6-17(13)23/h3-6,9-11H,7-8,12H2,1-2H3. The highest BCUT2D eigenvalue weighted by atomic mass is 32.2. The van der Waals surface area contributed by atoms with E-state index in [9.17, 15) is 13.2 Å². The number of ether oxygens (including phenoxy) is 2. The van der Waals surface area contributed by atoms with Crippen molar-refractivity contribution in [3.63, 3.8) is 0 Å². The first kappa shape index (κ1) is 19.9. The Bertz CT molecular complexity index is 1180. The second kappa shape index (κ2) is 7.79. The third-order valence-corrected chi connectivity index (χ3v) is 6.10. The second-order valence-electron chi connectivity index (χ2n) is 6.66. The van der Waals surface area contributed by atoms with Crippen molar-refractivity contribution >= 4 is 21.4 Å². The number of nitrogens with zero attached hydrogens (tertiary/aromatic N) is 3. The second-order valence-corrected chi connectivity index (χ2v) is 8.53. The first-order chi connectivity index (χ1) is 14.4. The number of sulfone groups is 1. The molecule has 30 heavy (non-hydrogen) atoms. The van der Waals surface area contributed by atoms with E-state index in [0.717, 1.165) is 11.3 Å². The molecule has 1 amide bonds. The van der Waals surface area contributed by atoms with Gasteiger partial charge < -0.3 is 18.8 Å². The van der Waals surface area contributed by atoms with Gasteiger partial charge in [-0.2, -0.15) is 0 Å². The zero-order valence-electron chi connectivity index (χ0n) is 16.4. The number of carbonyl (C=O) groups is 1. The van der Waals surface area contributed by atoms with Crippen molar-refractivity contribution in [2.75, 3.05) is 31.4 Å². The molecule has 156 valence electrons. The maximum Gasteiger partial charge on any atom is 0.336 e. The summed E-state index contributed by atoms with van der Waals surface area (Å²) in [6.07, 6.45) is 0.685. The van der Waals surface area contributed by atoms with E-state index in [1.54, 1.807) is 24.3 Å². The van der Waals surface area contributed by atoms with Gasteiger partial charge >= 0.3 is 5.22 Å². The molecular formula is C20H19N3O6S. The van der Waals surface area contributed by atoms with Gasteiger partial charge in [-0.25, -0.2) is 8.42 Å². The molecule has 0 unspecified atom stereocenters. The van der Waals surface area contributed by atoms with Crippen molar-refractivity contribution in [2.24, 2.45) is 0 Å². The molecule has 1 aliphatic heterocycles. The van der Waals surface area contributed by atoms with Crippen LogP contribution < -0.4 is 14.4 Å². The number of methoxy groups -OCH3 is 2. The minimum absolute atomic E-state index is 0.0234. The smallest absolute Gasteiger partial charge is 0.336 e. The molecule has 0 fully saturated rings. The molecule has 1 aliphatic rings. The van der Waals surface area contributed by atoms with Crippen LogP contribution in [0.2, 0.25) is 0 Å². The van der Waals surface area contributed by atoms with Gasteiger partial charge in [-0.1, -0.05) is 23.3 Å². The van der Waals surface area contributed by atoms with Crippen LogP contribution in [0.25, 0.3) is 11.5 Å². The topological polar surface area (TPSA) is 112 Å². The third-order valence-electron chi connectivity index (χ3n) is 4.77. The monoisotopic (exact) mass is 429 g/mol. The van der Waals surface area contributed by atoms with E-state index < -0.39 is 26.7 Å². The summed E-state index contributed by atoms with van der Waals surface area (Å²) in [7, 11) is -1.13. The maximum atomic E-state index is 12.7. The van der Waals surface area contributed by atoms with Gasteiger partial charge in [0.05, 0.1) is 14.2 Å². The number of amides is 1. The number of hydrogen-bond acceptors (Lipinski definition) is 8. The zero-order chi connectivity index (χ0) is 21.3. The Balaban J connectivity index is 1.57. The zero-order valence-corrected chi connectivity index (χ0v) is 17.2. The van der Waals surface area contributed by atoms with Crippen LogP contribution in [0.4, 0.5) is 5.69 Å². The van der Waals surface area contributed by atoms with Crippen LogP contribution in [0.1, 0.15) is 5.56 Å². The van der Waals surface area contributed by atoms with Gasteiger partial charge in [0.15, 0.2) is 0 Å². The summed E-state index contributed by atoms with van der Waals surface area (Å²) in [5.74, 6) is -0.359. The van der Waals surface area contributed by atoms with Crippen molar-refractivity contribution in [1.29, 1.82) is 0 Å². The van der Waals surface area contributed by atoms with Gasteiger partial charge in [0, 0.05) is 23.9 Å². The number of hydrogen-bond donors (Lipinski definition) is 0. The van der Waals surface area contributed by atoms with Gasteiger partial charge in [-0.3, -0.25) is 4.79 Å². The van der Waals surface area contributed by atoms with Gasteiger partial charge in [0.1, 0.15) is 17.3 Å². The highest BCUT2D eigenvalue weighted by Crippen LogP contribution is 2.30. The molecular weight excluding hydrogens is 410 g/mol. The first-order valence-corrected chi connectivity index (χ1v) is 10.7. The summed E-state index contributed by atoms with van der Waals surface area (Å²) in [5, 5.41) is 6.84. The van der Waals surface area contributed by atoms with Gasteiger partial charge in [0.25, 0.3) is 0 Å². The predicted octanol–water partition coefficient (Wildman–Crippen LogP) is 2.12. The van der Waals surface area contributed by atoms with Crippen LogP contribution >= 0.6 is 0 Å². The van der Waals surface area contributed by atoms with Gasteiger partial charge in [-0.15, -0.1) is 5.10 Å². The summed E-state index contributed by atoms with van der Waals surface area (Å²) in [6.45, 7) is 0.437. The summed E-state index contributed by atoms with van der Waals surface area (Å²) in [4.78, 5) is 14.1. The number of rotatable bonds is 6. The fourth-order valence-electron chi connectivity index (χ4n) is 3.28. The lowest BCUT2D eigenvalue weighted by molar-refractivity contribution is -0.116. The maximum absolute atomic E-state index is 12.7. The lowest BCUT2D eigenvalue weighted by atomic mass is 10.2. The molecule has 9 nitrogen and oxygen atoms in total. The lowest BCUT2D eigenvalue weighted by Crippen LogP contribution is -2.34. The average Bonchev–Trinajstić information content (AvgIpc) is 3.41. The Morgan fingerprint density at radius 3 is 2.50 bits per heavy atom. The van der Waals surface area contributed by atoms with Crippen molar-refractivity contribution in [1.82, 2.24) is 10.2 Å². The number of aromatic nitrogens is 2. The molecule has 3 aromatic rings. The van der Waals surface area contributed by atoms with Crippen LogP contribution in [0.15, 0.2) is 52.1 Å². The van der Waals surface area contributed by atoms with E-state index >= 15 is 0 Å². The van der Waals surface area contributed by atoms with Crippen LogP contribution in [0.5, 0.6) is 11.5 Å². The molecule has 4 rings (SSSR count). The molecule has 2 aromatic carbocycles. The number of fused-ring (bicyclic) bond motifs is 1. The Kier molecular flexibility index (Phi) is 5.17. The largest absolute Gasteiger partial charge is 0.497 e. The van der Waals surface area contributed by atoms with Crippen molar-refractivity contribution in [2.45, 2.75) is 11.6 Å². The van der Waals surface area contributed by atoms with Crippen molar-refractivity contribution in [3.8, 4) is 23.0 Å². The molecule has 0 N–H and O–H groups in total. The number of benzene rings is 2. The Hall–Kier alpha value is -3.40. The lowest BCUT2D eigenvalue weighted by Gasteiger charge is -2.16. The highest BCUT2D eigenvalue weighted by Gasteiger charge is 2.32. The fraction of sp³-hybridized carbons (Fsp3) is 0.250. The summed E-state index contributed by atoms with van der Waals surface area (Å²) < 4.78 is 41.2. The minimum atomic E-state index is -4.11. The summed E-state index contributed by atoms with van der Waals surface area (Å²) in [6, 6.07) is 12.3. The van der Waals surface area contributed by atoms with E-state index in [4.69, 9.17) is 13.9 Å². The molecule has 0 saturated heterocycles. The van der Waals surface area contributed by atoms with Crippen LogP contribution in [-0.4, -0.2) is 51.0 Å². The molecule has 10 heteroatoms. The average molecular weight is 429 g/mol. The first-order valence-electron chi connectivity index (χ1n) is 9.09. The number of para-hydroxylation sites is 1. The number of anilines is 1. The Labute approximate surface area is 173 Å². The quantitative estimate of drug-likeness (QED) is 0.586. The third kappa shape index (κ3) is 3.73. The summed E-state index contributed by atoms with van der Waals surface area (Å²) in [5.41, 5.74) is 2.17. The Morgan fingerprint density at radius 2 is 1.80 bits per heavy atom. The normalized spacial score (nSPS) is 13.2. The van der Waals surface area contributed by atoms with E-state index in [1.165, 1.54) is 19.1 Å². The molecule has 0 aliphatic carbocycles. The fourth-order valence-corrected chi connectivity index (χ4v) is 4.26. The van der Waals surface area contributed by atoms with E-state index in [-0.39, 0.29) is 5.89 Å². The van der Waals surface area contributed by atoms with E-state index in [1.807, 2.05) is 18.2 Å². The highest BCUT2D eigenvalue weighted by molar-refractivity contribution is 7.91. The minimum Gasteiger partial charge on any atom is -0.497 e. The van der Waals surface area contributed by atoms with Crippen LogP contribution in [0, 0.1) is 0 Å². The predicted molar refractivity (Wildman–Crippen MR) is 107 cm³/mol. The van der Waals surface area contributed by atoms with Crippen molar-refractivity contribution in [3.05, 3.63) is 48.0 Å². The molecule has 2 heterocycles. The van der Waals surface area contributed by atoms with Crippen molar-refractivity contribution < 1.29 is 27.1 Å². The molecule has 0 atom stereocenters. The number of carbonyl (C=O) groups excluding carboxylic acids is 1. The van der Waals surface area contributed by atoms with E-state index in [0.29, 0.717) is 30.0 Å². The summed E-state index contributed by atoms with van der Waals surface area (Å²) >= 11 is 0. The van der Waals surface area contributed by atoms with Gasteiger partial charge in [0.2, 0.25) is 21.6 Å².